The van der Waals surface area contributed by atoms with Crippen LogP contribution in [0.25, 0.3) is 0 Å². The molecule has 0 aliphatic carbocycles. The summed E-state index contributed by atoms with van der Waals surface area (Å²) in [5, 5.41) is 9.19. The Balaban J connectivity index is 1.63. The molecule has 6 nitrogen and oxygen atoms in total. The van der Waals surface area contributed by atoms with Crippen molar-refractivity contribution in [2.75, 3.05) is 13.1 Å². The Morgan fingerprint density at radius 2 is 2.29 bits per heavy atom. The molecule has 3 rings (SSSR count). The first-order chi connectivity index (χ1) is 11.6. The summed E-state index contributed by atoms with van der Waals surface area (Å²) < 4.78 is 1.81. The summed E-state index contributed by atoms with van der Waals surface area (Å²) in [6.07, 6.45) is 3.40. The van der Waals surface area contributed by atoms with Crippen molar-refractivity contribution in [3.8, 4) is 0 Å². The summed E-state index contributed by atoms with van der Waals surface area (Å²) in [6.45, 7) is 5.95. The van der Waals surface area contributed by atoms with E-state index >= 15 is 0 Å². The Kier molecular flexibility index (Phi) is 4.99. The molecule has 0 bridgehead atoms. The predicted octanol–water partition coefficient (Wildman–Crippen LogP) is 2.31. The molecule has 1 atom stereocenters. The average Bonchev–Trinajstić information content (AvgIpc) is 3.24. The summed E-state index contributed by atoms with van der Waals surface area (Å²) in [5.74, 6) is -0.0541. The summed E-state index contributed by atoms with van der Waals surface area (Å²) in [6, 6.07) is 3.71. The molecule has 1 saturated heterocycles. The number of aromatic nitrogens is 2. The largest absolute Gasteiger partial charge is 0.347 e. The van der Waals surface area contributed by atoms with E-state index in [0.29, 0.717) is 12.1 Å². The maximum absolute atomic E-state index is 12.5. The van der Waals surface area contributed by atoms with Gasteiger partial charge in [0.15, 0.2) is 0 Å². The van der Waals surface area contributed by atoms with E-state index < -0.39 is 0 Å². The van der Waals surface area contributed by atoms with Gasteiger partial charge in [-0.25, -0.2) is 0 Å². The number of nitrogens with zero attached hydrogens (tertiary/aromatic N) is 3. The van der Waals surface area contributed by atoms with Crippen LogP contribution in [0.5, 0.6) is 0 Å². The topological polar surface area (TPSA) is 67.2 Å². The number of piperidine rings is 1. The van der Waals surface area contributed by atoms with Crippen LogP contribution in [0.4, 0.5) is 0 Å². The molecular weight excluding hydrogens is 324 g/mol. The van der Waals surface area contributed by atoms with Gasteiger partial charge in [0.1, 0.15) is 0 Å². The van der Waals surface area contributed by atoms with Gasteiger partial charge in [-0.05, 0) is 38.1 Å². The van der Waals surface area contributed by atoms with Gasteiger partial charge >= 0.3 is 0 Å². The second kappa shape index (κ2) is 7.17. The summed E-state index contributed by atoms with van der Waals surface area (Å²) in [4.78, 5) is 27.6. The van der Waals surface area contributed by atoms with Gasteiger partial charge in [-0.2, -0.15) is 5.10 Å². The van der Waals surface area contributed by atoms with Crippen LogP contribution in [0.2, 0.25) is 0 Å². The maximum Gasteiger partial charge on any atom is 0.263 e. The molecule has 2 aromatic heterocycles. The van der Waals surface area contributed by atoms with E-state index in [1.54, 1.807) is 6.20 Å². The highest BCUT2D eigenvalue weighted by Crippen LogP contribution is 2.17. The predicted molar refractivity (Wildman–Crippen MR) is 93.3 cm³/mol. The number of thiophene rings is 1. The lowest BCUT2D eigenvalue weighted by Crippen LogP contribution is -2.49. The van der Waals surface area contributed by atoms with Crippen LogP contribution < -0.4 is 5.32 Å². The normalized spacial score (nSPS) is 17.8. The van der Waals surface area contributed by atoms with Gasteiger partial charge in [-0.1, -0.05) is 6.07 Å². The van der Waals surface area contributed by atoms with Gasteiger partial charge in [0.05, 0.1) is 16.6 Å². The van der Waals surface area contributed by atoms with Gasteiger partial charge in [0.2, 0.25) is 0 Å². The van der Waals surface area contributed by atoms with Gasteiger partial charge in [0, 0.05) is 31.4 Å². The van der Waals surface area contributed by atoms with Crippen molar-refractivity contribution < 1.29 is 9.59 Å². The smallest absolute Gasteiger partial charge is 0.263 e. The minimum Gasteiger partial charge on any atom is -0.347 e. The molecular formula is C17H22N4O2S. The number of nitrogens with one attached hydrogen (secondary N) is 1. The minimum absolute atomic E-state index is 0.0143. The van der Waals surface area contributed by atoms with Crippen molar-refractivity contribution in [1.29, 1.82) is 0 Å². The fraction of sp³-hybridized carbons (Fsp3) is 0.471. The number of carbonyl (C=O) groups is 2. The number of rotatable bonds is 4. The van der Waals surface area contributed by atoms with Crippen LogP contribution >= 0.6 is 11.3 Å². The zero-order valence-corrected chi connectivity index (χ0v) is 14.8. The minimum atomic E-state index is -0.109. The molecule has 128 valence electrons. The molecule has 1 N–H and O–H groups in total. The van der Waals surface area contributed by atoms with Crippen molar-refractivity contribution in [3.05, 3.63) is 39.8 Å². The average molecular weight is 346 g/mol. The Hall–Kier alpha value is -2.15. The third kappa shape index (κ3) is 3.36. The molecule has 0 radical (unpaired) electrons. The van der Waals surface area contributed by atoms with E-state index in [1.807, 2.05) is 40.9 Å². The SMILES string of the molecule is CCn1ncc(C(=O)NC2CCCN(C(=O)c3cccs3)C2)c1C. The third-order valence-electron chi connectivity index (χ3n) is 4.42. The lowest BCUT2D eigenvalue weighted by molar-refractivity contribution is 0.0680. The molecule has 1 unspecified atom stereocenters. The molecule has 1 aliphatic heterocycles. The van der Waals surface area contributed by atoms with Crippen LogP contribution in [-0.4, -0.2) is 45.6 Å². The van der Waals surface area contributed by atoms with Crippen molar-refractivity contribution in [2.45, 2.75) is 39.3 Å². The molecule has 1 fully saturated rings. The first-order valence-corrected chi connectivity index (χ1v) is 9.14. The monoisotopic (exact) mass is 346 g/mol. The van der Waals surface area contributed by atoms with Crippen LogP contribution in [0, 0.1) is 6.92 Å². The molecule has 1 aliphatic rings. The Morgan fingerprint density at radius 1 is 1.46 bits per heavy atom. The molecule has 24 heavy (non-hydrogen) atoms. The number of hydrogen-bond acceptors (Lipinski definition) is 4. The molecule has 2 aromatic rings. The van der Waals surface area contributed by atoms with E-state index in [-0.39, 0.29) is 17.9 Å². The van der Waals surface area contributed by atoms with E-state index in [9.17, 15) is 9.59 Å². The lowest BCUT2D eigenvalue weighted by Gasteiger charge is -2.33. The standard InChI is InChI=1S/C17H22N4O2S/c1-3-21-12(2)14(10-18-21)16(22)19-13-6-4-8-20(11-13)17(23)15-7-5-9-24-15/h5,7,9-10,13H,3-4,6,8,11H2,1-2H3,(H,19,22). The quantitative estimate of drug-likeness (QED) is 0.924. The van der Waals surface area contributed by atoms with Crippen LogP contribution in [0.15, 0.2) is 23.7 Å². The van der Waals surface area contributed by atoms with Gasteiger partial charge in [0.25, 0.3) is 11.8 Å². The number of aryl methyl sites for hydroxylation is 1. The highest BCUT2D eigenvalue weighted by atomic mass is 32.1. The summed E-state index contributed by atoms with van der Waals surface area (Å²) in [5.41, 5.74) is 1.48. The van der Waals surface area contributed by atoms with E-state index in [4.69, 9.17) is 0 Å². The summed E-state index contributed by atoms with van der Waals surface area (Å²) >= 11 is 1.45. The van der Waals surface area contributed by atoms with Crippen LogP contribution in [-0.2, 0) is 6.54 Å². The highest BCUT2D eigenvalue weighted by Gasteiger charge is 2.27. The number of hydrogen-bond donors (Lipinski definition) is 1. The Labute approximate surface area is 145 Å². The fourth-order valence-electron chi connectivity index (χ4n) is 3.09. The van der Waals surface area contributed by atoms with Crippen molar-refractivity contribution in [1.82, 2.24) is 20.0 Å². The van der Waals surface area contributed by atoms with Gasteiger partial charge < -0.3 is 10.2 Å². The van der Waals surface area contributed by atoms with E-state index in [2.05, 4.69) is 10.4 Å². The molecule has 0 saturated carbocycles. The zero-order chi connectivity index (χ0) is 17.1. The number of carbonyl (C=O) groups excluding carboxylic acids is 2. The number of likely N-dealkylation sites (tertiary alicyclic amines) is 1. The van der Waals surface area contributed by atoms with Gasteiger partial charge in [-0.3, -0.25) is 14.3 Å². The first-order valence-electron chi connectivity index (χ1n) is 8.26. The van der Waals surface area contributed by atoms with Crippen molar-refractivity contribution in [3.63, 3.8) is 0 Å². The van der Waals surface area contributed by atoms with E-state index in [1.165, 1.54) is 11.3 Å². The van der Waals surface area contributed by atoms with Crippen LogP contribution in [0.3, 0.4) is 0 Å². The highest BCUT2D eigenvalue weighted by molar-refractivity contribution is 7.12. The number of amides is 2. The molecule has 3 heterocycles. The van der Waals surface area contributed by atoms with Gasteiger partial charge in [-0.15, -0.1) is 11.3 Å². The molecule has 2 amide bonds. The maximum atomic E-state index is 12.5. The summed E-state index contributed by atoms with van der Waals surface area (Å²) in [7, 11) is 0. The van der Waals surface area contributed by atoms with Crippen molar-refractivity contribution >= 4 is 23.2 Å². The van der Waals surface area contributed by atoms with Crippen molar-refractivity contribution in [2.24, 2.45) is 0 Å². The third-order valence-corrected chi connectivity index (χ3v) is 5.28. The Morgan fingerprint density at radius 3 is 2.96 bits per heavy atom. The van der Waals surface area contributed by atoms with Crippen LogP contribution in [0.1, 0.15) is 45.5 Å². The molecule has 0 spiro atoms. The second-order valence-corrected chi connectivity index (χ2v) is 6.95. The first kappa shape index (κ1) is 16.7. The molecule has 7 heteroatoms. The van der Waals surface area contributed by atoms with E-state index in [0.717, 1.165) is 36.5 Å². The fourth-order valence-corrected chi connectivity index (χ4v) is 3.78. The molecule has 0 aromatic carbocycles. The zero-order valence-electron chi connectivity index (χ0n) is 14.0. The lowest BCUT2D eigenvalue weighted by atomic mass is 10.0. The second-order valence-electron chi connectivity index (χ2n) is 6.00. The Bertz CT molecular complexity index is 723.